The molecule has 0 radical (unpaired) electrons. The number of likely N-dealkylation sites (N-methyl/N-ethyl adjacent to an activating group) is 1. The quantitative estimate of drug-likeness (QED) is 0.706. The van der Waals surface area contributed by atoms with Gasteiger partial charge >= 0.3 is 0 Å². The molecule has 3 heteroatoms. The zero-order chi connectivity index (χ0) is 12.8. The zero-order valence-corrected chi connectivity index (χ0v) is 12.2. The molecule has 1 unspecified atom stereocenters. The highest BCUT2D eigenvalue weighted by Gasteiger charge is 2.35. The molecule has 1 saturated heterocycles. The van der Waals surface area contributed by atoms with Gasteiger partial charge in [-0.15, -0.1) is 0 Å². The molecule has 2 aliphatic rings. The highest BCUT2D eigenvalue weighted by Crippen LogP contribution is 2.33. The summed E-state index contributed by atoms with van der Waals surface area (Å²) in [6, 6.07) is 0. The molecule has 1 N–H and O–H groups in total. The monoisotopic (exact) mass is 254 g/mol. The van der Waals surface area contributed by atoms with Gasteiger partial charge in [-0.1, -0.05) is 12.8 Å². The maximum atomic E-state index is 5.65. The molecule has 0 aromatic rings. The Hall–Kier alpha value is -0.120. The van der Waals surface area contributed by atoms with Crippen LogP contribution < -0.4 is 5.32 Å². The molecular formula is C15H30N2O. The van der Waals surface area contributed by atoms with Crippen LogP contribution in [0.2, 0.25) is 0 Å². The summed E-state index contributed by atoms with van der Waals surface area (Å²) in [4.78, 5) is 2.44. The number of rotatable bonds is 7. The summed E-state index contributed by atoms with van der Waals surface area (Å²) in [5.74, 6) is 0. The van der Waals surface area contributed by atoms with Crippen LogP contribution in [0.1, 0.15) is 51.4 Å². The lowest BCUT2D eigenvalue weighted by atomic mass is 9.96. The van der Waals surface area contributed by atoms with Gasteiger partial charge in [-0.3, -0.25) is 0 Å². The van der Waals surface area contributed by atoms with Crippen molar-refractivity contribution >= 4 is 0 Å². The number of hydrogen-bond donors (Lipinski definition) is 1. The first-order valence-electron chi connectivity index (χ1n) is 7.73. The van der Waals surface area contributed by atoms with E-state index in [-0.39, 0.29) is 0 Å². The first-order valence-corrected chi connectivity index (χ1v) is 7.73. The highest BCUT2D eigenvalue weighted by atomic mass is 16.5. The van der Waals surface area contributed by atoms with Gasteiger partial charge in [-0.2, -0.15) is 0 Å². The van der Waals surface area contributed by atoms with E-state index >= 15 is 0 Å². The molecule has 1 atom stereocenters. The summed E-state index contributed by atoms with van der Waals surface area (Å²) in [5.41, 5.74) is 0.434. The molecule has 0 aromatic carbocycles. The van der Waals surface area contributed by atoms with Gasteiger partial charge in [0.1, 0.15) is 0 Å². The average molecular weight is 254 g/mol. The van der Waals surface area contributed by atoms with Gasteiger partial charge in [0.15, 0.2) is 0 Å². The number of hydrogen-bond acceptors (Lipinski definition) is 3. The lowest BCUT2D eigenvalue weighted by molar-refractivity contribution is 0.102. The van der Waals surface area contributed by atoms with Crippen LogP contribution in [-0.2, 0) is 4.74 Å². The Morgan fingerprint density at radius 3 is 2.61 bits per heavy atom. The summed E-state index contributed by atoms with van der Waals surface area (Å²) in [7, 11) is 4.47. The second kappa shape index (κ2) is 6.88. The minimum absolute atomic E-state index is 0.434. The average Bonchev–Trinajstić information content (AvgIpc) is 2.99. The highest BCUT2D eigenvalue weighted by molar-refractivity contribution is 4.94. The van der Waals surface area contributed by atoms with E-state index in [0.29, 0.717) is 11.6 Å². The molecule has 18 heavy (non-hydrogen) atoms. The molecule has 0 amide bonds. The van der Waals surface area contributed by atoms with E-state index in [1.54, 1.807) is 0 Å². The Morgan fingerprint density at radius 2 is 2.00 bits per heavy atom. The number of nitrogens with one attached hydrogen (secondary N) is 1. The maximum absolute atomic E-state index is 5.65. The normalized spacial score (nSPS) is 27.2. The van der Waals surface area contributed by atoms with Gasteiger partial charge < -0.3 is 15.0 Å². The second-order valence-corrected chi connectivity index (χ2v) is 6.28. The van der Waals surface area contributed by atoms with E-state index in [0.717, 1.165) is 19.7 Å². The molecule has 1 heterocycles. The Kier molecular flexibility index (Phi) is 5.46. The summed E-state index contributed by atoms with van der Waals surface area (Å²) >= 11 is 0. The predicted molar refractivity (Wildman–Crippen MR) is 76.0 cm³/mol. The fraction of sp³-hybridized carbons (Fsp3) is 1.00. The van der Waals surface area contributed by atoms with Crippen LogP contribution in [-0.4, -0.2) is 50.3 Å². The lowest BCUT2D eigenvalue weighted by Crippen LogP contribution is -2.49. The van der Waals surface area contributed by atoms with Gasteiger partial charge in [0, 0.05) is 18.7 Å². The first-order chi connectivity index (χ1) is 8.73. The van der Waals surface area contributed by atoms with E-state index in [1.807, 2.05) is 0 Å². The van der Waals surface area contributed by atoms with Crippen LogP contribution in [0.5, 0.6) is 0 Å². The van der Waals surface area contributed by atoms with Crippen molar-refractivity contribution in [1.29, 1.82) is 0 Å². The van der Waals surface area contributed by atoms with Gasteiger partial charge in [-0.05, 0) is 59.2 Å². The largest absolute Gasteiger partial charge is 0.378 e. The van der Waals surface area contributed by atoms with Crippen molar-refractivity contribution in [3.8, 4) is 0 Å². The maximum Gasteiger partial charge on any atom is 0.0576 e. The van der Waals surface area contributed by atoms with Crippen LogP contribution in [0, 0.1) is 0 Å². The summed E-state index contributed by atoms with van der Waals surface area (Å²) in [6.45, 7) is 3.29. The van der Waals surface area contributed by atoms with E-state index < -0.39 is 0 Å². The summed E-state index contributed by atoms with van der Waals surface area (Å²) in [5, 5.41) is 3.68. The second-order valence-electron chi connectivity index (χ2n) is 6.28. The number of ether oxygens (including phenoxy) is 1. The Bertz CT molecular complexity index is 231. The SMILES string of the molecule is CN(C)C1(CNCCCC2CCCO2)CCCC1. The summed E-state index contributed by atoms with van der Waals surface area (Å²) < 4.78 is 5.65. The van der Waals surface area contributed by atoms with Crippen LogP contribution in [0.3, 0.4) is 0 Å². The Labute approximate surface area is 112 Å². The third kappa shape index (κ3) is 3.69. The van der Waals surface area contributed by atoms with E-state index in [2.05, 4.69) is 24.3 Å². The van der Waals surface area contributed by atoms with E-state index in [1.165, 1.54) is 51.4 Å². The molecule has 2 rings (SSSR count). The molecule has 2 fully saturated rings. The van der Waals surface area contributed by atoms with Gasteiger partial charge in [0.25, 0.3) is 0 Å². The standard InChI is InChI=1S/C15H30N2O/c1-17(2)15(9-3-4-10-15)13-16-11-5-7-14-8-6-12-18-14/h14,16H,3-13H2,1-2H3. The molecule has 1 aliphatic carbocycles. The van der Waals surface area contributed by atoms with Crippen molar-refractivity contribution in [3.63, 3.8) is 0 Å². The molecule has 106 valence electrons. The Balaban J connectivity index is 1.58. The lowest BCUT2D eigenvalue weighted by Gasteiger charge is -2.36. The Morgan fingerprint density at radius 1 is 1.22 bits per heavy atom. The fourth-order valence-electron chi connectivity index (χ4n) is 3.46. The molecular weight excluding hydrogens is 224 g/mol. The minimum Gasteiger partial charge on any atom is -0.378 e. The van der Waals surface area contributed by atoms with E-state index in [9.17, 15) is 0 Å². The topological polar surface area (TPSA) is 24.5 Å². The van der Waals surface area contributed by atoms with Crippen molar-refractivity contribution in [3.05, 3.63) is 0 Å². The van der Waals surface area contributed by atoms with Crippen molar-refractivity contribution < 1.29 is 4.74 Å². The molecule has 3 nitrogen and oxygen atoms in total. The zero-order valence-electron chi connectivity index (χ0n) is 12.2. The molecule has 1 saturated carbocycles. The predicted octanol–water partition coefficient (Wildman–Crippen LogP) is 2.41. The fourth-order valence-corrected chi connectivity index (χ4v) is 3.46. The van der Waals surface area contributed by atoms with Crippen molar-refractivity contribution in [1.82, 2.24) is 10.2 Å². The third-order valence-electron chi connectivity index (χ3n) is 4.84. The van der Waals surface area contributed by atoms with Crippen LogP contribution >= 0.6 is 0 Å². The van der Waals surface area contributed by atoms with Gasteiger partial charge in [0.05, 0.1) is 6.10 Å². The smallest absolute Gasteiger partial charge is 0.0576 e. The first kappa shape index (κ1) is 14.3. The van der Waals surface area contributed by atoms with Crippen LogP contribution in [0.15, 0.2) is 0 Å². The van der Waals surface area contributed by atoms with Crippen molar-refractivity contribution in [2.24, 2.45) is 0 Å². The van der Waals surface area contributed by atoms with E-state index in [4.69, 9.17) is 4.74 Å². The molecule has 1 aliphatic heterocycles. The van der Waals surface area contributed by atoms with Crippen molar-refractivity contribution in [2.45, 2.75) is 63.0 Å². The summed E-state index contributed by atoms with van der Waals surface area (Å²) in [6.07, 6.45) is 11.1. The minimum atomic E-state index is 0.434. The van der Waals surface area contributed by atoms with Gasteiger partial charge in [0.2, 0.25) is 0 Å². The van der Waals surface area contributed by atoms with Crippen LogP contribution in [0.4, 0.5) is 0 Å². The molecule has 0 aromatic heterocycles. The molecule has 0 spiro atoms. The van der Waals surface area contributed by atoms with Gasteiger partial charge in [-0.25, -0.2) is 0 Å². The number of nitrogens with zero attached hydrogens (tertiary/aromatic N) is 1. The molecule has 0 bridgehead atoms. The third-order valence-corrected chi connectivity index (χ3v) is 4.84. The van der Waals surface area contributed by atoms with Crippen LogP contribution in [0.25, 0.3) is 0 Å². The van der Waals surface area contributed by atoms with Crippen molar-refractivity contribution in [2.75, 3.05) is 33.8 Å².